The van der Waals surface area contributed by atoms with Gasteiger partial charge in [0.1, 0.15) is 6.10 Å². The standard InChI is InChI=1S/C14H18BrNO2/c1-9-6-7-13(18-9)14(17)16-10(2)11-4-3-5-12(15)8-11/h3-5,8-10,13H,6-7H2,1-2H3,(H,16,17). The van der Waals surface area contributed by atoms with E-state index in [0.717, 1.165) is 22.9 Å². The van der Waals surface area contributed by atoms with Gasteiger partial charge in [-0.1, -0.05) is 28.1 Å². The van der Waals surface area contributed by atoms with Crippen molar-refractivity contribution in [1.29, 1.82) is 0 Å². The van der Waals surface area contributed by atoms with Crippen LogP contribution in [0.25, 0.3) is 0 Å². The van der Waals surface area contributed by atoms with Crippen molar-refractivity contribution in [2.24, 2.45) is 0 Å². The third-order valence-corrected chi connectivity index (χ3v) is 3.73. The van der Waals surface area contributed by atoms with Gasteiger partial charge in [-0.15, -0.1) is 0 Å². The zero-order chi connectivity index (χ0) is 13.1. The van der Waals surface area contributed by atoms with Crippen molar-refractivity contribution in [3.63, 3.8) is 0 Å². The van der Waals surface area contributed by atoms with Gasteiger partial charge < -0.3 is 10.1 Å². The highest BCUT2D eigenvalue weighted by molar-refractivity contribution is 9.10. The molecule has 1 amide bonds. The van der Waals surface area contributed by atoms with Crippen molar-refractivity contribution in [3.8, 4) is 0 Å². The lowest BCUT2D eigenvalue weighted by Gasteiger charge is -2.17. The fourth-order valence-corrected chi connectivity index (χ4v) is 2.58. The maximum atomic E-state index is 12.0. The van der Waals surface area contributed by atoms with Gasteiger partial charge in [-0.3, -0.25) is 4.79 Å². The molecule has 1 saturated heterocycles. The molecule has 2 rings (SSSR count). The Labute approximate surface area is 116 Å². The van der Waals surface area contributed by atoms with E-state index in [2.05, 4.69) is 21.2 Å². The van der Waals surface area contributed by atoms with Crippen LogP contribution < -0.4 is 5.32 Å². The van der Waals surface area contributed by atoms with Gasteiger partial charge in [0.25, 0.3) is 0 Å². The smallest absolute Gasteiger partial charge is 0.249 e. The van der Waals surface area contributed by atoms with Crippen molar-refractivity contribution < 1.29 is 9.53 Å². The van der Waals surface area contributed by atoms with Gasteiger partial charge in [-0.05, 0) is 44.4 Å². The normalized spacial score (nSPS) is 24.8. The van der Waals surface area contributed by atoms with E-state index in [-0.39, 0.29) is 24.2 Å². The number of nitrogens with one attached hydrogen (secondary N) is 1. The molecule has 1 aromatic carbocycles. The van der Waals surface area contributed by atoms with E-state index in [4.69, 9.17) is 4.74 Å². The van der Waals surface area contributed by atoms with Crippen LogP contribution in [0.2, 0.25) is 0 Å². The Balaban J connectivity index is 1.95. The number of carbonyl (C=O) groups excluding carboxylic acids is 1. The first-order chi connectivity index (χ1) is 8.56. The van der Waals surface area contributed by atoms with E-state index in [1.807, 2.05) is 38.1 Å². The Kier molecular flexibility index (Phi) is 4.40. The van der Waals surface area contributed by atoms with Gasteiger partial charge in [0, 0.05) is 4.47 Å². The van der Waals surface area contributed by atoms with Gasteiger partial charge in [0.15, 0.2) is 0 Å². The van der Waals surface area contributed by atoms with E-state index in [1.165, 1.54) is 0 Å². The Morgan fingerprint density at radius 2 is 2.28 bits per heavy atom. The van der Waals surface area contributed by atoms with Crippen LogP contribution in [0.15, 0.2) is 28.7 Å². The number of rotatable bonds is 3. The van der Waals surface area contributed by atoms with Gasteiger partial charge >= 0.3 is 0 Å². The van der Waals surface area contributed by atoms with E-state index in [0.29, 0.717) is 0 Å². The largest absolute Gasteiger partial charge is 0.365 e. The molecule has 1 N–H and O–H groups in total. The number of hydrogen-bond donors (Lipinski definition) is 1. The molecule has 18 heavy (non-hydrogen) atoms. The van der Waals surface area contributed by atoms with Gasteiger partial charge in [-0.2, -0.15) is 0 Å². The molecule has 1 aromatic rings. The van der Waals surface area contributed by atoms with Gasteiger partial charge in [-0.25, -0.2) is 0 Å². The molecule has 3 atom stereocenters. The van der Waals surface area contributed by atoms with Gasteiger partial charge in [0.2, 0.25) is 5.91 Å². The second-order valence-corrected chi connectivity index (χ2v) is 5.71. The Morgan fingerprint density at radius 3 is 2.89 bits per heavy atom. The minimum absolute atomic E-state index is 0.00509. The van der Waals surface area contributed by atoms with E-state index in [9.17, 15) is 4.79 Å². The fraction of sp³-hybridized carbons (Fsp3) is 0.500. The van der Waals surface area contributed by atoms with Crippen LogP contribution in [0, 0.1) is 0 Å². The molecular formula is C14H18BrNO2. The van der Waals surface area contributed by atoms with Crippen LogP contribution in [0.4, 0.5) is 0 Å². The van der Waals surface area contributed by atoms with E-state index < -0.39 is 0 Å². The molecule has 1 heterocycles. The molecule has 1 fully saturated rings. The summed E-state index contributed by atoms with van der Waals surface area (Å²) in [7, 11) is 0. The van der Waals surface area contributed by atoms with Crippen molar-refractivity contribution in [1.82, 2.24) is 5.32 Å². The number of amides is 1. The summed E-state index contributed by atoms with van der Waals surface area (Å²) >= 11 is 3.43. The molecule has 1 aliphatic rings. The molecule has 4 heteroatoms. The third-order valence-electron chi connectivity index (χ3n) is 3.23. The van der Waals surface area contributed by atoms with Gasteiger partial charge in [0.05, 0.1) is 12.1 Å². The molecule has 0 aromatic heterocycles. The van der Waals surface area contributed by atoms with E-state index >= 15 is 0 Å². The Hall–Kier alpha value is -0.870. The first-order valence-corrected chi connectivity index (χ1v) is 7.07. The van der Waals surface area contributed by atoms with Crippen molar-refractivity contribution >= 4 is 21.8 Å². The predicted octanol–water partition coefficient (Wildman–Crippen LogP) is 3.19. The molecule has 1 aliphatic heterocycles. The minimum Gasteiger partial charge on any atom is -0.365 e. The summed E-state index contributed by atoms with van der Waals surface area (Å²) in [5, 5.41) is 3.00. The third kappa shape index (κ3) is 3.33. The predicted molar refractivity (Wildman–Crippen MR) is 74.3 cm³/mol. The number of ether oxygens (including phenoxy) is 1. The summed E-state index contributed by atoms with van der Waals surface area (Å²) in [6.45, 7) is 3.99. The van der Waals surface area contributed by atoms with Crippen LogP contribution in [0.1, 0.15) is 38.3 Å². The topological polar surface area (TPSA) is 38.3 Å². The first-order valence-electron chi connectivity index (χ1n) is 6.27. The van der Waals surface area contributed by atoms with Crippen molar-refractivity contribution in [3.05, 3.63) is 34.3 Å². The quantitative estimate of drug-likeness (QED) is 0.931. The number of benzene rings is 1. The molecule has 3 nitrogen and oxygen atoms in total. The fourth-order valence-electron chi connectivity index (χ4n) is 2.16. The molecular weight excluding hydrogens is 294 g/mol. The zero-order valence-corrected chi connectivity index (χ0v) is 12.2. The van der Waals surface area contributed by atoms with Crippen LogP contribution in [-0.2, 0) is 9.53 Å². The molecule has 0 saturated carbocycles. The lowest BCUT2D eigenvalue weighted by Crippen LogP contribution is -2.36. The van der Waals surface area contributed by atoms with Crippen LogP contribution in [0.3, 0.4) is 0 Å². The van der Waals surface area contributed by atoms with Crippen LogP contribution in [0.5, 0.6) is 0 Å². The Bertz CT molecular complexity index is 436. The van der Waals surface area contributed by atoms with Crippen LogP contribution in [-0.4, -0.2) is 18.1 Å². The maximum absolute atomic E-state index is 12.0. The number of hydrogen-bond acceptors (Lipinski definition) is 2. The minimum atomic E-state index is -0.283. The first kappa shape index (κ1) is 13.6. The highest BCUT2D eigenvalue weighted by atomic mass is 79.9. The highest BCUT2D eigenvalue weighted by Crippen LogP contribution is 2.21. The second kappa shape index (κ2) is 5.85. The summed E-state index contributed by atoms with van der Waals surface area (Å²) in [5.41, 5.74) is 1.09. The molecule has 3 unspecified atom stereocenters. The molecule has 98 valence electrons. The monoisotopic (exact) mass is 311 g/mol. The molecule has 0 spiro atoms. The number of carbonyl (C=O) groups is 1. The molecule has 0 aliphatic carbocycles. The Morgan fingerprint density at radius 1 is 1.50 bits per heavy atom. The van der Waals surface area contributed by atoms with E-state index in [1.54, 1.807) is 0 Å². The summed E-state index contributed by atoms with van der Waals surface area (Å²) in [4.78, 5) is 12.0. The summed E-state index contributed by atoms with van der Waals surface area (Å²) in [6.07, 6.45) is 1.69. The summed E-state index contributed by atoms with van der Waals surface area (Å²) < 4.78 is 6.58. The van der Waals surface area contributed by atoms with Crippen molar-refractivity contribution in [2.75, 3.05) is 0 Å². The van der Waals surface area contributed by atoms with Crippen LogP contribution >= 0.6 is 15.9 Å². The average Bonchev–Trinajstić information content (AvgIpc) is 2.76. The lowest BCUT2D eigenvalue weighted by molar-refractivity contribution is -0.132. The van der Waals surface area contributed by atoms with Crippen molar-refractivity contribution in [2.45, 2.75) is 44.9 Å². The SMILES string of the molecule is CC1CCC(C(=O)NC(C)c2cccc(Br)c2)O1. The highest BCUT2D eigenvalue weighted by Gasteiger charge is 2.28. The zero-order valence-electron chi connectivity index (χ0n) is 10.7. The second-order valence-electron chi connectivity index (χ2n) is 4.80. The summed E-state index contributed by atoms with van der Waals surface area (Å²) in [6, 6.07) is 7.96. The molecule has 0 radical (unpaired) electrons. The lowest BCUT2D eigenvalue weighted by atomic mass is 10.1. The average molecular weight is 312 g/mol. The number of halogens is 1. The summed E-state index contributed by atoms with van der Waals surface area (Å²) in [5.74, 6) is -0.00757. The maximum Gasteiger partial charge on any atom is 0.249 e. The molecule has 0 bridgehead atoms.